The van der Waals surface area contributed by atoms with Crippen LogP contribution in [-0.4, -0.2) is 54.7 Å². The van der Waals surface area contributed by atoms with E-state index in [-0.39, 0.29) is 11.3 Å². The number of carbonyl (C=O) groups excluding carboxylic acids is 2. The minimum Gasteiger partial charge on any atom is -0.444 e. The summed E-state index contributed by atoms with van der Waals surface area (Å²) in [4.78, 5) is 28.7. The van der Waals surface area contributed by atoms with Crippen LogP contribution in [0.15, 0.2) is 48.5 Å². The number of nitrogens with zero attached hydrogens (tertiary/aromatic N) is 2. The maximum Gasteiger partial charge on any atom is 0.410 e. The van der Waals surface area contributed by atoms with Gasteiger partial charge in [-0.05, 0) is 50.9 Å². The van der Waals surface area contributed by atoms with Crippen molar-refractivity contribution < 1.29 is 21.5 Å². The third-order valence-electron chi connectivity index (χ3n) is 4.87. The Morgan fingerprint density at radius 3 is 2.44 bits per heavy atom. The second-order valence-corrected chi connectivity index (χ2v) is 8.59. The van der Waals surface area contributed by atoms with Gasteiger partial charge in [0.25, 0.3) is 0 Å². The lowest BCUT2D eigenvalue weighted by Gasteiger charge is -2.37. The molecule has 0 saturated carbocycles. The first-order valence-electron chi connectivity index (χ1n) is 11.5. The smallest absolute Gasteiger partial charge is 0.410 e. The average Bonchev–Trinajstić information content (AvgIpc) is 2.78. The lowest BCUT2D eigenvalue weighted by atomic mass is 10.1. The summed E-state index contributed by atoms with van der Waals surface area (Å²) >= 11 is 0. The molecule has 1 fully saturated rings. The van der Waals surface area contributed by atoms with Gasteiger partial charge < -0.3 is 25.6 Å². The largest absolute Gasteiger partial charge is 0.444 e. The summed E-state index contributed by atoms with van der Waals surface area (Å²) < 4.78 is 36.1. The quantitative estimate of drug-likeness (QED) is 0.738. The number of nitrogens with two attached hydrogens (primary N) is 1. The van der Waals surface area contributed by atoms with Crippen LogP contribution in [0, 0.1) is 5.82 Å². The van der Waals surface area contributed by atoms with Crippen molar-refractivity contribution >= 4 is 23.4 Å². The zero-order valence-electron chi connectivity index (χ0n) is 20.6. The molecule has 8 heteroatoms. The minimum absolute atomic E-state index is 0.190. The Morgan fingerprint density at radius 2 is 1.81 bits per heavy atom. The number of halogens is 1. The van der Waals surface area contributed by atoms with Crippen LogP contribution in [0.5, 0.6) is 0 Å². The third-order valence-corrected chi connectivity index (χ3v) is 4.87. The number of hydrogen-bond donors (Lipinski definition) is 2. The van der Waals surface area contributed by atoms with Crippen molar-refractivity contribution in [3.63, 3.8) is 0 Å². The van der Waals surface area contributed by atoms with Crippen molar-refractivity contribution in [2.24, 2.45) is 5.73 Å². The van der Waals surface area contributed by atoms with Crippen LogP contribution in [0.3, 0.4) is 0 Å². The number of nitrogens with one attached hydrogen (secondary N) is 1. The number of carbonyl (C=O) groups is 2. The molecule has 0 spiro atoms. The highest BCUT2D eigenvalue weighted by molar-refractivity contribution is 5.97. The fourth-order valence-electron chi connectivity index (χ4n) is 3.33. The highest BCUT2D eigenvalue weighted by atomic mass is 19.1. The van der Waals surface area contributed by atoms with Crippen LogP contribution in [-0.2, 0) is 15.9 Å². The van der Waals surface area contributed by atoms with E-state index in [1.54, 1.807) is 62.1 Å². The maximum absolute atomic E-state index is 14.0. The summed E-state index contributed by atoms with van der Waals surface area (Å²) in [6.07, 6.45) is -2.52. The molecule has 1 heterocycles. The Bertz CT molecular complexity index is 1020. The summed E-state index contributed by atoms with van der Waals surface area (Å²) in [5.41, 5.74) is 6.42. The van der Waals surface area contributed by atoms with Crippen LogP contribution >= 0.6 is 0 Å². The number of amides is 2. The fourth-order valence-corrected chi connectivity index (χ4v) is 3.33. The van der Waals surface area contributed by atoms with Gasteiger partial charge in [-0.1, -0.05) is 30.3 Å². The molecule has 32 heavy (non-hydrogen) atoms. The van der Waals surface area contributed by atoms with Gasteiger partial charge in [0, 0.05) is 28.9 Å². The topological polar surface area (TPSA) is 87.9 Å². The third kappa shape index (κ3) is 6.43. The van der Waals surface area contributed by atoms with Gasteiger partial charge in [0.2, 0.25) is 5.91 Å². The molecule has 2 aromatic rings. The van der Waals surface area contributed by atoms with Gasteiger partial charge in [0.1, 0.15) is 11.4 Å². The first kappa shape index (κ1) is 20.8. The second kappa shape index (κ2) is 9.99. The Morgan fingerprint density at radius 1 is 1.16 bits per heavy atom. The molecule has 1 atom stereocenters. The van der Waals surface area contributed by atoms with Crippen LogP contribution in [0.4, 0.5) is 20.6 Å². The van der Waals surface area contributed by atoms with Crippen molar-refractivity contribution in [1.82, 2.24) is 4.90 Å². The van der Waals surface area contributed by atoms with E-state index in [1.165, 1.54) is 12.1 Å². The predicted molar refractivity (Wildman–Crippen MR) is 123 cm³/mol. The first-order chi connectivity index (χ1) is 15.9. The lowest BCUT2D eigenvalue weighted by molar-refractivity contribution is -0.117. The molecule has 1 saturated heterocycles. The molecule has 0 bridgehead atoms. The van der Waals surface area contributed by atoms with E-state index in [0.717, 1.165) is 0 Å². The number of anilines is 2. The van der Waals surface area contributed by atoms with Crippen molar-refractivity contribution in [3.8, 4) is 0 Å². The molecule has 7 nitrogen and oxygen atoms in total. The molecule has 0 aromatic heterocycles. The Labute approximate surface area is 191 Å². The average molecular weight is 445 g/mol. The van der Waals surface area contributed by atoms with Crippen molar-refractivity contribution in [2.45, 2.75) is 38.8 Å². The van der Waals surface area contributed by atoms with Gasteiger partial charge in [-0.15, -0.1) is 0 Å². The van der Waals surface area contributed by atoms with Crippen LogP contribution in [0.1, 0.15) is 29.1 Å². The predicted octanol–water partition coefficient (Wildman–Crippen LogP) is 3.39. The Balaban J connectivity index is 1.72. The minimum atomic E-state index is -2.13. The molecule has 0 unspecified atom stereocenters. The highest BCUT2D eigenvalue weighted by Gasteiger charge is 2.27. The standard InChI is InChI=1S/C24H31FN4O3/c1-24(2,3)32-23(31)29-13-11-28(12-14-29)21-10-9-18(25)16-20(21)27-22(30)19(26)15-17-7-5-4-6-8-17/h4-10,16,19H,11-15,26H2,1-3H3,(H,27,30)/t19-/m1/s1/i15D2. The van der Waals surface area contributed by atoms with Gasteiger partial charge in [-0.3, -0.25) is 4.79 Å². The van der Waals surface area contributed by atoms with E-state index < -0.39 is 35.8 Å². The summed E-state index contributed by atoms with van der Waals surface area (Å²) in [5.74, 6) is -1.32. The number of ether oxygens (including phenoxy) is 1. The number of benzene rings is 2. The Hall–Kier alpha value is -3.13. The maximum atomic E-state index is 14.0. The molecule has 3 N–H and O–H groups in total. The second-order valence-electron chi connectivity index (χ2n) is 8.59. The molecule has 172 valence electrons. The molecule has 2 aromatic carbocycles. The zero-order valence-corrected chi connectivity index (χ0v) is 18.6. The van der Waals surface area contributed by atoms with Crippen LogP contribution < -0.4 is 16.0 Å². The van der Waals surface area contributed by atoms with E-state index in [1.807, 2.05) is 4.90 Å². The number of rotatable bonds is 5. The molecule has 1 aliphatic heterocycles. The molecule has 0 aliphatic carbocycles. The summed E-state index contributed by atoms with van der Waals surface area (Å²) in [7, 11) is 0. The highest BCUT2D eigenvalue weighted by Crippen LogP contribution is 2.28. The molecule has 1 aliphatic rings. The molecular formula is C24H31FN4O3. The van der Waals surface area contributed by atoms with Gasteiger partial charge in [0.15, 0.2) is 0 Å². The van der Waals surface area contributed by atoms with Crippen molar-refractivity contribution in [3.05, 3.63) is 59.9 Å². The molecule has 0 radical (unpaired) electrons. The van der Waals surface area contributed by atoms with E-state index in [0.29, 0.717) is 31.9 Å². The number of piperazine rings is 1. The molecule has 2 amide bonds. The van der Waals surface area contributed by atoms with Gasteiger partial charge in [0.05, 0.1) is 17.4 Å². The van der Waals surface area contributed by atoms with Gasteiger partial charge >= 0.3 is 6.09 Å². The van der Waals surface area contributed by atoms with E-state index in [9.17, 15) is 14.0 Å². The Kier molecular flexibility index (Phi) is 6.48. The van der Waals surface area contributed by atoms with Gasteiger partial charge in [-0.2, -0.15) is 0 Å². The number of hydrogen-bond acceptors (Lipinski definition) is 5. The van der Waals surface area contributed by atoms with Crippen molar-refractivity contribution in [1.29, 1.82) is 0 Å². The lowest BCUT2D eigenvalue weighted by Crippen LogP contribution is -2.50. The van der Waals surface area contributed by atoms with E-state index in [2.05, 4.69) is 5.32 Å². The fraction of sp³-hybridized carbons (Fsp3) is 0.417. The monoisotopic (exact) mass is 444 g/mol. The first-order valence-corrected chi connectivity index (χ1v) is 10.5. The SMILES string of the molecule is [2H]C([2H])(c1ccccc1)[C@@H](N)C(=O)Nc1cc(F)ccc1N1CCN(C(=O)OC(C)(C)C)CC1. The van der Waals surface area contributed by atoms with E-state index >= 15 is 0 Å². The van der Waals surface area contributed by atoms with Crippen LogP contribution in [0.2, 0.25) is 0 Å². The summed E-state index contributed by atoms with van der Waals surface area (Å²) in [6.45, 7) is 7.11. The molecular weight excluding hydrogens is 411 g/mol. The van der Waals surface area contributed by atoms with E-state index in [4.69, 9.17) is 13.2 Å². The zero-order chi connectivity index (χ0) is 25.1. The van der Waals surface area contributed by atoms with Gasteiger partial charge in [-0.25, -0.2) is 9.18 Å². The summed E-state index contributed by atoms with van der Waals surface area (Å²) in [6, 6.07) is 10.7. The van der Waals surface area contributed by atoms with Crippen molar-refractivity contribution in [2.75, 3.05) is 36.4 Å². The van der Waals surface area contributed by atoms with Crippen LogP contribution in [0.25, 0.3) is 0 Å². The normalized spacial score (nSPS) is 16.7. The molecule has 3 rings (SSSR count). The summed E-state index contributed by atoms with van der Waals surface area (Å²) in [5, 5.41) is 2.60.